The fourth-order valence-corrected chi connectivity index (χ4v) is 5.33. The number of carbonyl (C=O) groups is 2. The third kappa shape index (κ3) is 10.5. The predicted molar refractivity (Wildman–Crippen MR) is 210 cm³/mol. The minimum absolute atomic E-state index is 0.264. The van der Waals surface area contributed by atoms with Crippen LogP contribution in [0.25, 0.3) is 22.3 Å². The smallest absolute Gasteiger partial charge is 0.330 e. The van der Waals surface area contributed by atoms with Gasteiger partial charge in [0.1, 0.15) is 0 Å². The molecular formula is C43H38N6O4. The molecule has 0 atom stereocenters. The van der Waals surface area contributed by atoms with E-state index < -0.39 is 11.9 Å². The number of nitrogens with one attached hydrogen (secondary N) is 3. The number of nitrogens with zero attached hydrogens (tertiary/aromatic N) is 3. The highest BCUT2D eigenvalue weighted by Gasteiger charge is 2.10. The molecule has 0 aliphatic carbocycles. The Hall–Kier alpha value is -7.07. The quantitative estimate of drug-likeness (QED) is 0.0664. The topological polar surface area (TPSA) is 127 Å². The molecule has 0 aliphatic rings. The van der Waals surface area contributed by atoms with Crippen LogP contribution in [0.3, 0.4) is 0 Å². The fraction of sp³-hybridized carbons (Fsp3) is 0.0930. The summed E-state index contributed by atoms with van der Waals surface area (Å²) >= 11 is 0. The van der Waals surface area contributed by atoms with Gasteiger partial charge in [0.2, 0.25) is 17.8 Å². The number of ether oxygens (including phenoxy) is 2. The molecule has 0 aliphatic heterocycles. The Bertz CT molecular complexity index is 2060. The molecule has 3 N–H and O–H groups in total. The van der Waals surface area contributed by atoms with Gasteiger partial charge >= 0.3 is 11.9 Å². The lowest BCUT2D eigenvalue weighted by molar-refractivity contribution is -0.138. The SMILES string of the molecule is C=CC(=O)OCCc1ccc(Nc2nc(Nc3ccc(CCOC(=O)C=C)cc3)nc(Nc3ccc(-c4ccc(-c5ccccc5)cc4)cc3)n2)cc1. The lowest BCUT2D eigenvalue weighted by Gasteiger charge is -2.13. The summed E-state index contributed by atoms with van der Waals surface area (Å²) in [4.78, 5) is 36.7. The molecule has 0 radical (unpaired) electrons. The van der Waals surface area contributed by atoms with Gasteiger partial charge in [-0.25, -0.2) is 9.59 Å². The molecule has 6 rings (SSSR count). The Balaban J connectivity index is 1.17. The van der Waals surface area contributed by atoms with Crippen molar-refractivity contribution in [1.29, 1.82) is 0 Å². The summed E-state index contributed by atoms with van der Waals surface area (Å²) in [5.74, 6) is 0.103. The molecule has 10 heteroatoms. The molecule has 0 fully saturated rings. The van der Waals surface area contributed by atoms with E-state index in [0.717, 1.165) is 51.5 Å². The Morgan fingerprint density at radius 2 is 0.792 bits per heavy atom. The fourth-order valence-electron chi connectivity index (χ4n) is 5.33. The Morgan fingerprint density at radius 1 is 0.472 bits per heavy atom. The molecule has 0 saturated carbocycles. The molecule has 0 spiro atoms. The van der Waals surface area contributed by atoms with Crippen LogP contribution in [0.15, 0.2) is 153 Å². The summed E-state index contributed by atoms with van der Waals surface area (Å²) in [6.45, 7) is 7.37. The summed E-state index contributed by atoms with van der Waals surface area (Å²) in [6.07, 6.45) is 3.45. The third-order valence-corrected chi connectivity index (χ3v) is 8.13. The van der Waals surface area contributed by atoms with Gasteiger partial charge in [0.05, 0.1) is 13.2 Å². The molecule has 0 bridgehead atoms. The average Bonchev–Trinajstić information content (AvgIpc) is 3.19. The maximum Gasteiger partial charge on any atom is 0.330 e. The summed E-state index contributed by atoms with van der Waals surface area (Å²) in [5.41, 5.74) is 8.90. The Kier molecular flexibility index (Phi) is 12.0. The lowest BCUT2D eigenvalue weighted by atomic mass is 10.0. The van der Waals surface area contributed by atoms with E-state index in [9.17, 15) is 9.59 Å². The monoisotopic (exact) mass is 702 g/mol. The van der Waals surface area contributed by atoms with Gasteiger partial charge in [-0.15, -0.1) is 0 Å². The Labute approximate surface area is 308 Å². The van der Waals surface area contributed by atoms with Crippen LogP contribution in [-0.4, -0.2) is 40.1 Å². The molecule has 0 unspecified atom stereocenters. The Morgan fingerprint density at radius 3 is 1.15 bits per heavy atom. The van der Waals surface area contributed by atoms with Crippen LogP contribution in [0, 0.1) is 0 Å². The van der Waals surface area contributed by atoms with Gasteiger partial charge in [0, 0.05) is 42.1 Å². The second-order valence-electron chi connectivity index (χ2n) is 11.8. The van der Waals surface area contributed by atoms with E-state index in [1.54, 1.807) is 0 Å². The third-order valence-electron chi connectivity index (χ3n) is 8.13. The van der Waals surface area contributed by atoms with Crippen LogP contribution in [0.1, 0.15) is 11.1 Å². The van der Waals surface area contributed by atoms with E-state index in [1.807, 2.05) is 78.9 Å². The minimum atomic E-state index is -0.445. The van der Waals surface area contributed by atoms with Crippen molar-refractivity contribution in [1.82, 2.24) is 15.0 Å². The van der Waals surface area contributed by atoms with Crippen LogP contribution < -0.4 is 16.0 Å². The largest absolute Gasteiger partial charge is 0.462 e. The first-order chi connectivity index (χ1) is 25.9. The highest BCUT2D eigenvalue weighted by molar-refractivity contribution is 5.81. The van der Waals surface area contributed by atoms with Gasteiger partial charge in [-0.2, -0.15) is 15.0 Å². The first-order valence-electron chi connectivity index (χ1n) is 17.0. The van der Waals surface area contributed by atoms with E-state index in [0.29, 0.717) is 30.7 Å². The summed E-state index contributed by atoms with van der Waals surface area (Å²) in [7, 11) is 0. The number of esters is 2. The van der Waals surface area contributed by atoms with Crippen molar-refractivity contribution in [2.75, 3.05) is 29.2 Å². The van der Waals surface area contributed by atoms with Crippen molar-refractivity contribution in [2.24, 2.45) is 0 Å². The second-order valence-corrected chi connectivity index (χ2v) is 11.8. The van der Waals surface area contributed by atoms with E-state index in [4.69, 9.17) is 9.47 Å². The number of anilines is 6. The molecule has 6 aromatic rings. The molecule has 0 saturated heterocycles. The highest BCUT2D eigenvalue weighted by Crippen LogP contribution is 2.27. The maximum absolute atomic E-state index is 11.4. The van der Waals surface area contributed by atoms with Crippen molar-refractivity contribution >= 4 is 46.8 Å². The highest BCUT2D eigenvalue weighted by atomic mass is 16.5. The summed E-state index contributed by atoms with van der Waals surface area (Å²) in [6, 6.07) is 42.3. The zero-order chi connectivity index (χ0) is 36.8. The van der Waals surface area contributed by atoms with Gasteiger partial charge in [-0.05, 0) is 69.8 Å². The van der Waals surface area contributed by atoms with Crippen molar-refractivity contribution < 1.29 is 19.1 Å². The van der Waals surface area contributed by atoms with Crippen molar-refractivity contribution in [3.63, 3.8) is 0 Å². The first-order valence-corrected chi connectivity index (χ1v) is 17.0. The summed E-state index contributed by atoms with van der Waals surface area (Å²) < 4.78 is 10.2. The molecular weight excluding hydrogens is 665 g/mol. The van der Waals surface area contributed by atoms with Crippen LogP contribution in [0.2, 0.25) is 0 Å². The normalized spacial score (nSPS) is 10.5. The minimum Gasteiger partial charge on any atom is -0.462 e. The zero-order valence-electron chi connectivity index (χ0n) is 29.0. The van der Waals surface area contributed by atoms with Crippen molar-refractivity contribution in [3.8, 4) is 22.3 Å². The van der Waals surface area contributed by atoms with E-state index in [1.165, 1.54) is 11.1 Å². The predicted octanol–water partition coefficient (Wildman–Crippen LogP) is 8.98. The molecule has 0 amide bonds. The van der Waals surface area contributed by atoms with Gasteiger partial charge < -0.3 is 25.4 Å². The zero-order valence-corrected chi connectivity index (χ0v) is 29.0. The van der Waals surface area contributed by atoms with E-state index in [-0.39, 0.29) is 13.2 Å². The number of rotatable bonds is 16. The standard InChI is InChI=1S/C43H38N6O4/c1-3-39(50)52-28-26-30-10-20-36(21-11-30)44-41-47-42(45-37-22-12-31(13-23-37)27-29-53-40(51)4-2)49-43(48-41)46-38-24-18-35(19-25-38)34-16-14-33(15-17-34)32-8-6-5-7-9-32/h3-25H,1-2,26-29H2,(H3,44,45,46,47,48,49). The van der Waals surface area contributed by atoms with Gasteiger partial charge in [-0.3, -0.25) is 0 Å². The van der Waals surface area contributed by atoms with Crippen LogP contribution >= 0.6 is 0 Å². The van der Waals surface area contributed by atoms with Crippen LogP contribution in [-0.2, 0) is 31.9 Å². The average molecular weight is 703 g/mol. The van der Waals surface area contributed by atoms with Crippen molar-refractivity contribution in [3.05, 3.63) is 164 Å². The number of benzene rings is 5. The maximum atomic E-state index is 11.4. The second kappa shape index (κ2) is 17.7. The number of hydrogen-bond acceptors (Lipinski definition) is 10. The lowest BCUT2D eigenvalue weighted by Crippen LogP contribution is -2.08. The van der Waals surface area contributed by atoms with Crippen LogP contribution in [0.5, 0.6) is 0 Å². The van der Waals surface area contributed by atoms with Gasteiger partial charge in [0.25, 0.3) is 0 Å². The molecule has 264 valence electrons. The molecule has 5 aromatic carbocycles. The van der Waals surface area contributed by atoms with Crippen molar-refractivity contribution in [2.45, 2.75) is 12.8 Å². The molecule has 10 nitrogen and oxygen atoms in total. The number of aromatic nitrogens is 3. The van der Waals surface area contributed by atoms with Crippen LogP contribution in [0.4, 0.5) is 34.9 Å². The van der Waals surface area contributed by atoms with Gasteiger partial charge in [-0.1, -0.05) is 104 Å². The number of carbonyl (C=O) groups excluding carboxylic acids is 2. The molecule has 1 aromatic heterocycles. The van der Waals surface area contributed by atoms with E-state index in [2.05, 4.69) is 92.6 Å². The number of hydrogen-bond donors (Lipinski definition) is 3. The molecule has 1 heterocycles. The first kappa shape index (κ1) is 35.7. The molecule has 53 heavy (non-hydrogen) atoms. The van der Waals surface area contributed by atoms with Gasteiger partial charge in [0.15, 0.2) is 0 Å². The summed E-state index contributed by atoms with van der Waals surface area (Å²) in [5, 5.41) is 9.86. The van der Waals surface area contributed by atoms with E-state index >= 15 is 0 Å².